The van der Waals surface area contributed by atoms with Gasteiger partial charge in [0, 0.05) is 5.56 Å². The van der Waals surface area contributed by atoms with Crippen LogP contribution in [0.4, 0.5) is 0 Å². The molecule has 104 valence electrons. The third kappa shape index (κ3) is 2.44. The molecular weight excluding hydrogens is 262 g/mol. The van der Waals surface area contributed by atoms with Crippen LogP contribution in [0.15, 0.2) is 29.2 Å². The third-order valence-corrected chi connectivity index (χ3v) is 6.20. The zero-order valence-corrected chi connectivity index (χ0v) is 11.9. The molecule has 0 spiro atoms. The molecule has 1 saturated carbocycles. The van der Waals surface area contributed by atoms with Gasteiger partial charge in [-0.25, -0.2) is 8.42 Å². The molecule has 2 N–H and O–H groups in total. The molecule has 0 radical (unpaired) electrons. The first-order valence-electron chi connectivity index (χ1n) is 6.52. The number of nitrogens with two attached hydrogens (primary N) is 1. The number of benzene rings is 1. The molecule has 1 aromatic rings. The molecule has 1 aromatic carbocycles. The van der Waals surface area contributed by atoms with Crippen molar-refractivity contribution in [2.45, 2.75) is 48.8 Å². The van der Waals surface area contributed by atoms with Crippen LogP contribution in [0.5, 0.6) is 0 Å². The first-order valence-corrected chi connectivity index (χ1v) is 8.00. The average molecular weight is 281 g/mol. The van der Waals surface area contributed by atoms with Crippen LogP contribution < -0.4 is 5.73 Å². The largest absolute Gasteiger partial charge is 0.312 e. The predicted octanol–water partition coefficient (Wildman–Crippen LogP) is 2.28. The van der Waals surface area contributed by atoms with Crippen molar-refractivity contribution in [2.24, 2.45) is 5.73 Å². The van der Waals surface area contributed by atoms with Crippen molar-refractivity contribution in [2.75, 3.05) is 0 Å². The molecular formula is C14H19NO3S. The summed E-state index contributed by atoms with van der Waals surface area (Å²) in [5.41, 5.74) is 6.37. The maximum atomic E-state index is 12.8. The Bertz CT molecular complexity index is 586. The first-order chi connectivity index (χ1) is 8.88. The molecule has 0 aromatic heterocycles. The van der Waals surface area contributed by atoms with Gasteiger partial charge in [0.05, 0.1) is 4.90 Å². The second-order valence-electron chi connectivity index (χ2n) is 5.18. The lowest BCUT2D eigenvalue weighted by Crippen LogP contribution is -2.49. The molecule has 4 nitrogen and oxygen atoms in total. The molecule has 19 heavy (non-hydrogen) atoms. The van der Waals surface area contributed by atoms with Gasteiger partial charge in [-0.15, -0.1) is 0 Å². The number of carbonyl (C=O) groups is 1. The van der Waals surface area contributed by atoms with E-state index in [9.17, 15) is 13.2 Å². The highest BCUT2D eigenvalue weighted by Gasteiger charge is 2.42. The summed E-state index contributed by atoms with van der Waals surface area (Å²) in [6, 6.07) is 6.32. The van der Waals surface area contributed by atoms with Crippen LogP contribution in [0.25, 0.3) is 0 Å². The topological polar surface area (TPSA) is 77.2 Å². The van der Waals surface area contributed by atoms with Crippen LogP contribution in [-0.2, 0) is 9.84 Å². The van der Waals surface area contributed by atoms with Gasteiger partial charge in [0.25, 0.3) is 0 Å². The Hall–Kier alpha value is -1.20. The maximum absolute atomic E-state index is 12.8. The van der Waals surface area contributed by atoms with E-state index in [2.05, 4.69) is 0 Å². The summed E-state index contributed by atoms with van der Waals surface area (Å²) in [6.07, 6.45) is 3.57. The van der Waals surface area contributed by atoms with Crippen LogP contribution in [-0.4, -0.2) is 19.1 Å². The van der Waals surface area contributed by atoms with Crippen LogP contribution in [0.3, 0.4) is 0 Å². The Morgan fingerprint density at radius 1 is 1.16 bits per heavy atom. The van der Waals surface area contributed by atoms with Gasteiger partial charge in [0.2, 0.25) is 0 Å². The van der Waals surface area contributed by atoms with Gasteiger partial charge < -0.3 is 5.73 Å². The molecule has 0 saturated heterocycles. The molecule has 0 bridgehead atoms. The zero-order valence-electron chi connectivity index (χ0n) is 11.1. The van der Waals surface area contributed by atoms with Gasteiger partial charge in [0.1, 0.15) is 4.87 Å². The van der Waals surface area contributed by atoms with Crippen molar-refractivity contribution < 1.29 is 13.2 Å². The molecule has 1 aliphatic rings. The van der Waals surface area contributed by atoms with E-state index in [-0.39, 0.29) is 16.2 Å². The normalized spacial score (nSPS) is 19.1. The van der Waals surface area contributed by atoms with E-state index in [1.807, 2.05) is 0 Å². The summed E-state index contributed by atoms with van der Waals surface area (Å²) in [5.74, 6) is -0.251. The number of sulfone groups is 1. The van der Waals surface area contributed by atoms with Crippen LogP contribution >= 0.6 is 0 Å². The van der Waals surface area contributed by atoms with E-state index in [1.165, 1.54) is 13.0 Å². The second kappa shape index (κ2) is 5.06. The summed E-state index contributed by atoms with van der Waals surface area (Å²) in [4.78, 5) is 10.4. The van der Waals surface area contributed by atoms with Crippen LogP contribution in [0.1, 0.15) is 49.4 Å². The van der Waals surface area contributed by atoms with E-state index in [4.69, 9.17) is 5.73 Å². The van der Waals surface area contributed by atoms with E-state index < -0.39 is 14.7 Å². The minimum Gasteiger partial charge on any atom is -0.312 e. The molecule has 5 heteroatoms. The molecule has 1 fully saturated rings. The van der Waals surface area contributed by atoms with Gasteiger partial charge in [-0.3, -0.25) is 4.79 Å². The monoisotopic (exact) mass is 281 g/mol. The Labute approximate surface area is 113 Å². The first kappa shape index (κ1) is 14.2. The maximum Gasteiger partial charge on any atom is 0.197 e. The standard InChI is InChI=1S/C14H19NO3S/c1-11(16)12-7-3-4-8-13(12)19(17,18)14(15)9-5-2-6-10-14/h3-4,7-8H,2,5-6,9-10,15H2,1H3. The van der Waals surface area contributed by atoms with E-state index in [0.717, 1.165) is 19.3 Å². The van der Waals surface area contributed by atoms with Gasteiger partial charge in [0.15, 0.2) is 15.6 Å². The zero-order chi connectivity index (χ0) is 14.1. The lowest BCUT2D eigenvalue weighted by molar-refractivity contribution is 0.101. The molecule has 0 atom stereocenters. The summed E-state index contributed by atoms with van der Waals surface area (Å²) >= 11 is 0. The number of rotatable bonds is 3. The molecule has 1 aliphatic carbocycles. The van der Waals surface area contributed by atoms with Crippen molar-refractivity contribution in [3.8, 4) is 0 Å². The van der Waals surface area contributed by atoms with E-state index in [1.54, 1.807) is 18.2 Å². The summed E-state index contributed by atoms with van der Waals surface area (Å²) in [5, 5.41) is 0. The third-order valence-electron chi connectivity index (χ3n) is 3.79. The highest BCUT2D eigenvalue weighted by Crippen LogP contribution is 2.35. The molecule has 0 aliphatic heterocycles. The summed E-state index contributed by atoms with van der Waals surface area (Å²) in [6.45, 7) is 1.37. The number of hydrogen-bond donors (Lipinski definition) is 1. The van der Waals surface area contributed by atoms with E-state index >= 15 is 0 Å². The SMILES string of the molecule is CC(=O)c1ccccc1S(=O)(=O)C1(N)CCCCC1. The summed E-state index contributed by atoms with van der Waals surface area (Å²) < 4.78 is 25.5. The van der Waals surface area contributed by atoms with Crippen molar-refractivity contribution in [1.29, 1.82) is 0 Å². The average Bonchev–Trinajstić information content (AvgIpc) is 2.39. The predicted molar refractivity (Wildman–Crippen MR) is 73.6 cm³/mol. The van der Waals surface area contributed by atoms with Crippen molar-refractivity contribution in [3.63, 3.8) is 0 Å². The minimum atomic E-state index is -3.68. The van der Waals surface area contributed by atoms with Gasteiger partial charge in [-0.1, -0.05) is 37.5 Å². The Kier molecular flexibility index (Phi) is 3.78. The highest BCUT2D eigenvalue weighted by molar-refractivity contribution is 7.92. The minimum absolute atomic E-state index is 0.0758. The van der Waals surface area contributed by atoms with Crippen LogP contribution in [0, 0.1) is 0 Å². The quantitative estimate of drug-likeness (QED) is 0.862. The van der Waals surface area contributed by atoms with Crippen molar-refractivity contribution >= 4 is 15.6 Å². The van der Waals surface area contributed by atoms with Crippen molar-refractivity contribution in [1.82, 2.24) is 0 Å². The second-order valence-corrected chi connectivity index (χ2v) is 7.44. The fraction of sp³-hybridized carbons (Fsp3) is 0.500. The van der Waals surface area contributed by atoms with Crippen molar-refractivity contribution in [3.05, 3.63) is 29.8 Å². The van der Waals surface area contributed by atoms with Gasteiger partial charge in [-0.2, -0.15) is 0 Å². The number of hydrogen-bond acceptors (Lipinski definition) is 4. The Morgan fingerprint density at radius 3 is 2.32 bits per heavy atom. The molecule has 0 unspecified atom stereocenters. The van der Waals surface area contributed by atoms with Crippen LogP contribution in [0.2, 0.25) is 0 Å². The number of carbonyl (C=O) groups excluding carboxylic acids is 1. The Balaban J connectivity index is 2.54. The fourth-order valence-corrected chi connectivity index (χ4v) is 4.65. The molecule has 0 amide bonds. The molecule has 0 heterocycles. The number of Topliss-reactive ketones (excluding diaryl/α,β-unsaturated/α-hetero) is 1. The fourth-order valence-electron chi connectivity index (χ4n) is 2.63. The molecule has 2 rings (SSSR count). The Morgan fingerprint density at radius 2 is 1.74 bits per heavy atom. The van der Waals surface area contributed by atoms with Gasteiger partial charge in [-0.05, 0) is 25.8 Å². The lowest BCUT2D eigenvalue weighted by Gasteiger charge is -2.33. The van der Waals surface area contributed by atoms with Gasteiger partial charge >= 0.3 is 0 Å². The highest BCUT2D eigenvalue weighted by atomic mass is 32.2. The van der Waals surface area contributed by atoms with E-state index in [0.29, 0.717) is 12.8 Å². The summed E-state index contributed by atoms with van der Waals surface area (Å²) in [7, 11) is -3.68. The number of ketones is 1. The smallest absolute Gasteiger partial charge is 0.197 e. The lowest BCUT2D eigenvalue weighted by atomic mass is 9.96.